The Labute approximate surface area is 115 Å². The van der Waals surface area contributed by atoms with Gasteiger partial charge in [0.15, 0.2) is 0 Å². The van der Waals surface area contributed by atoms with Gasteiger partial charge < -0.3 is 9.64 Å². The number of carbonyl (C=O) groups is 1. The zero-order valence-corrected chi connectivity index (χ0v) is 11.2. The molecule has 2 unspecified atom stereocenters. The molecule has 7 heteroatoms. The fourth-order valence-electron chi connectivity index (χ4n) is 2.35. The summed E-state index contributed by atoms with van der Waals surface area (Å²) >= 11 is 0. The molecule has 0 N–H and O–H groups in total. The van der Waals surface area contributed by atoms with Crippen LogP contribution in [-0.2, 0) is 4.74 Å². The van der Waals surface area contributed by atoms with Crippen LogP contribution in [-0.4, -0.2) is 41.0 Å². The second-order valence-electron chi connectivity index (χ2n) is 4.89. The third kappa shape index (κ3) is 2.93. The molecule has 1 aliphatic rings. The van der Waals surface area contributed by atoms with Crippen LogP contribution in [0.2, 0.25) is 0 Å². The van der Waals surface area contributed by atoms with E-state index in [0.717, 1.165) is 18.2 Å². The maximum atomic E-state index is 13.3. The van der Waals surface area contributed by atoms with Gasteiger partial charge in [-0.2, -0.15) is 0 Å². The summed E-state index contributed by atoms with van der Waals surface area (Å²) in [4.78, 5) is 24.1. The number of hydrogen-bond donors (Lipinski definition) is 0. The van der Waals surface area contributed by atoms with Gasteiger partial charge in [-0.15, -0.1) is 0 Å². The number of nitrogens with zero attached hydrogens (tertiary/aromatic N) is 2. The van der Waals surface area contributed by atoms with Crippen molar-refractivity contribution < 1.29 is 18.8 Å². The van der Waals surface area contributed by atoms with Crippen LogP contribution >= 0.6 is 0 Å². The molecule has 1 heterocycles. The van der Waals surface area contributed by atoms with Gasteiger partial charge in [-0.25, -0.2) is 4.39 Å². The van der Waals surface area contributed by atoms with Gasteiger partial charge in [0.2, 0.25) is 0 Å². The number of nitro benzene ring substituents is 1. The van der Waals surface area contributed by atoms with Crippen molar-refractivity contribution in [3.05, 3.63) is 39.7 Å². The number of rotatable bonds is 2. The molecule has 0 bridgehead atoms. The molecule has 108 valence electrons. The van der Waals surface area contributed by atoms with Crippen molar-refractivity contribution in [3.8, 4) is 0 Å². The van der Waals surface area contributed by atoms with Crippen LogP contribution in [0.1, 0.15) is 24.2 Å². The van der Waals surface area contributed by atoms with E-state index in [1.54, 1.807) is 0 Å². The van der Waals surface area contributed by atoms with E-state index in [1.165, 1.54) is 4.90 Å². The molecule has 1 aromatic rings. The first kappa shape index (κ1) is 14.4. The van der Waals surface area contributed by atoms with Crippen molar-refractivity contribution in [2.24, 2.45) is 0 Å². The molecule has 20 heavy (non-hydrogen) atoms. The summed E-state index contributed by atoms with van der Waals surface area (Å²) in [5, 5.41) is 10.9. The van der Waals surface area contributed by atoms with Crippen molar-refractivity contribution in [2.45, 2.75) is 26.1 Å². The summed E-state index contributed by atoms with van der Waals surface area (Å²) < 4.78 is 18.8. The van der Waals surface area contributed by atoms with Gasteiger partial charge in [0, 0.05) is 19.2 Å². The monoisotopic (exact) mass is 282 g/mol. The predicted molar refractivity (Wildman–Crippen MR) is 69.0 cm³/mol. The van der Waals surface area contributed by atoms with E-state index >= 15 is 0 Å². The first-order valence-electron chi connectivity index (χ1n) is 6.27. The van der Waals surface area contributed by atoms with Crippen LogP contribution in [0.15, 0.2) is 18.2 Å². The normalized spacial score (nSPS) is 22.6. The Morgan fingerprint density at radius 1 is 1.40 bits per heavy atom. The summed E-state index contributed by atoms with van der Waals surface area (Å²) in [6.45, 7) is 4.29. The van der Waals surface area contributed by atoms with Crippen LogP contribution in [0.25, 0.3) is 0 Å². The van der Waals surface area contributed by atoms with Gasteiger partial charge >= 0.3 is 0 Å². The fraction of sp³-hybridized carbons (Fsp3) is 0.462. The molecule has 2 atom stereocenters. The summed E-state index contributed by atoms with van der Waals surface area (Å²) in [5.41, 5.74) is -0.612. The Bertz CT molecular complexity index is 539. The van der Waals surface area contributed by atoms with Crippen molar-refractivity contribution in [2.75, 3.05) is 13.1 Å². The first-order chi connectivity index (χ1) is 9.38. The number of amides is 1. The molecule has 6 nitrogen and oxygen atoms in total. The number of carbonyl (C=O) groups excluding carboxylic acids is 1. The molecular weight excluding hydrogens is 267 g/mol. The highest BCUT2D eigenvalue weighted by atomic mass is 19.1. The molecule has 0 aromatic heterocycles. The van der Waals surface area contributed by atoms with Crippen molar-refractivity contribution in [1.29, 1.82) is 0 Å². The Kier molecular flexibility index (Phi) is 3.99. The molecule has 1 amide bonds. The quantitative estimate of drug-likeness (QED) is 0.614. The standard InChI is InChI=1S/C13H15FN2O4/c1-8-6-15(7-9(2)20-8)13(17)11-5-10(14)3-4-12(11)16(18)19/h3-5,8-9H,6-7H2,1-2H3. The van der Waals surface area contributed by atoms with Gasteiger partial charge in [-0.05, 0) is 26.0 Å². The predicted octanol–water partition coefficient (Wildman–Crippen LogP) is 1.98. The molecule has 1 fully saturated rings. The smallest absolute Gasteiger partial charge is 0.282 e. The number of ether oxygens (including phenoxy) is 1. The maximum Gasteiger partial charge on any atom is 0.282 e. The molecule has 0 aliphatic carbocycles. The van der Waals surface area contributed by atoms with Gasteiger partial charge in [0.25, 0.3) is 11.6 Å². The molecule has 1 aromatic carbocycles. The second kappa shape index (κ2) is 5.54. The van der Waals surface area contributed by atoms with Crippen LogP contribution in [0.4, 0.5) is 10.1 Å². The summed E-state index contributed by atoms with van der Waals surface area (Å²) in [5.74, 6) is -1.22. The van der Waals surface area contributed by atoms with Crippen molar-refractivity contribution in [3.63, 3.8) is 0 Å². The summed E-state index contributed by atoms with van der Waals surface area (Å²) in [6, 6.07) is 2.89. The minimum absolute atomic E-state index is 0.157. The number of morpholine rings is 1. The van der Waals surface area contributed by atoms with Gasteiger partial charge in [0.05, 0.1) is 17.1 Å². The highest BCUT2D eigenvalue weighted by Crippen LogP contribution is 2.23. The number of hydrogen-bond acceptors (Lipinski definition) is 4. The molecule has 2 rings (SSSR count). The van der Waals surface area contributed by atoms with Crippen LogP contribution < -0.4 is 0 Å². The number of halogens is 1. The molecular formula is C13H15FN2O4. The van der Waals surface area contributed by atoms with E-state index in [1.807, 2.05) is 13.8 Å². The number of benzene rings is 1. The zero-order valence-electron chi connectivity index (χ0n) is 11.2. The Hall–Kier alpha value is -2.02. The SMILES string of the molecule is CC1CN(C(=O)c2cc(F)ccc2[N+](=O)[O-])CC(C)O1. The van der Waals surface area contributed by atoms with E-state index in [4.69, 9.17) is 4.74 Å². The number of nitro groups is 1. The van der Waals surface area contributed by atoms with Gasteiger partial charge in [0.1, 0.15) is 11.4 Å². The van der Waals surface area contributed by atoms with E-state index in [2.05, 4.69) is 0 Å². The Balaban J connectivity index is 2.33. The summed E-state index contributed by atoms with van der Waals surface area (Å²) in [6.07, 6.45) is -0.314. The lowest BCUT2D eigenvalue weighted by Gasteiger charge is -2.35. The fourth-order valence-corrected chi connectivity index (χ4v) is 2.35. The van der Waals surface area contributed by atoms with Crippen LogP contribution in [0, 0.1) is 15.9 Å². The highest BCUT2D eigenvalue weighted by molar-refractivity contribution is 5.98. The van der Waals surface area contributed by atoms with E-state index < -0.39 is 16.6 Å². The second-order valence-corrected chi connectivity index (χ2v) is 4.89. The summed E-state index contributed by atoms with van der Waals surface area (Å²) in [7, 11) is 0. The molecule has 0 radical (unpaired) electrons. The highest BCUT2D eigenvalue weighted by Gasteiger charge is 2.30. The van der Waals surface area contributed by atoms with Crippen LogP contribution in [0.3, 0.4) is 0 Å². The van der Waals surface area contributed by atoms with Gasteiger partial charge in [-0.3, -0.25) is 14.9 Å². The van der Waals surface area contributed by atoms with E-state index in [0.29, 0.717) is 13.1 Å². The van der Waals surface area contributed by atoms with E-state index in [-0.39, 0.29) is 23.5 Å². The average molecular weight is 282 g/mol. The molecule has 1 aliphatic heterocycles. The lowest BCUT2D eigenvalue weighted by molar-refractivity contribution is -0.385. The lowest BCUT2D eigenvalue weighted by atomic mass is 10.1. The molecule has 0 spiro atoms. The topological polar surface area (TPSA) is 72.7 Å². The van der Waals surface area contributed by atoms with E-state index in [9.17, 15) is 19.3 Å². The molecule has 0 saturated carbocycles. The third-order valence-corrected chi connectivity index (χ3v) is 3.09. The zero-order chi connectivity index (χ0) is 14.9. The maximum absolute atomic E-state index is 13.3. The minimum atomic E-state index is -0.681. The van der Waals surface area contributed by atoms with Gasteiger partial charge in [-0.1, -0.05) is 0 Å². The first-order valence-corrected chi connectivity index (χ1v) is 6.27. The largest absolute Gasteiger partial charge is 0.372 e. The third-order valence-electron chi connectivity index (χ3n) is 3.09. The minimum Gasteiger partial charge on any atom is -0.372 e. The van der Waals surface area contributed by atoms with Crippen molar-refractivity contribution >= 4 is 11.6 Å². The Morgan fingerprint density at radius 3 is 2.55 bits per heavy atom. The lowest BCUT2D eigenvalue weighted by Crippen LogP contribution is -2.48. The Morgan fingerprint density at radius 2 is 2.00 bits per heavy atom. The van der Waals surface area contributed by atoms with Crippen LogP contribution in [0.5, 0.6) is 0 Å². The molecule has 1 saturated heterocycles. The van der Waals surface area contributed by atoms with Crippen molar-refractivity contribution in [1.82, 2.24) is 4.90 Å². The average Bonchev–Trinajstić information content (AvgIpc) is 2.36.